The van der Waals surface area contributed by atoms with Gasteiger partial charge in [0.2, 0.25) is 21.8 Å². The van der Waals surface area contributed by atoms with Crippen molar-refractivity contribution in [3.63, 3.8) is 0 Å². The molecule has 29 heavy (non-hydrogen) atoms. The van der Waals surface area contributed by atoms with Gasteiger partial charge in [0.25, 0.3) is 0 Å². The number of methoxy groups -OCH3 is 1. The number of carbonyl (C=O) groups excluding carboxylic acids is 3. The molecule has 0 heterocycles. The van der Waals surface area contributed by atoms with E-state index in [1.54, 1.807) is 0 Å². The van der Waals surface area contributed by atoms with Crippen molar-refractivity contribution >= 4 is 33.5 Å². The maximum Gasteiger partial charge on any atom is 0.320 e. The third-order valence-electron chi connectivity index (χ3n) is 3.74. The fourth-order valence-corrected chi connectivity index (χ4v) is 3.22. The number of ether oxygens (including phenoxy) is 1. The maximum atomic E-state index is 12.1. The second kappa shape index (κ2) is 10.3. The fourth-order valence-electron chi connectivity index (χ4n) is 2.25. The lowest BCUT2D eigenvalue weighted by molar-refractivity contribution is -0.139. The molecular weight excluding hydrogens is 398 g/mol. The normalized spacial score (nSPS) is 10.8. The zero-order chi connectivity index (χ0) is 21.3. The Kier molecular flexibility index (Phi) is 7.87. The Labute approximate surface area is 168 Å². The highest BCUT2D eigenvalue weighted by Crippen LogP contribution is 2.13. The predicted molar refractivity (Wildman–Crippen MR) is 105 cm³/mol. The van der Waals surface area contributed by atoms with Gasteiger partial charge < -0.3 is 15.4 Å². The lowest BCUT2D eigenvalue weighted by Crippen LogP contribution is -2.33. The molecule has 10 heteroatoms. The quantitative estimate of drug-likeness (QED) is 0.506. The molecule has 9 nitrogen and oxygen atoms in total. The standard InChI is InChI=1S/C19H21N3O6S/c1-28-19(25)13-21-29(26,27)16-9-7-15(8-10-16)22-18(24)12-20-17(23)11-14-5-3-2-4-6-14/h2-10,21H,11-13H2,1H3,(H,20,23)(H,22,24). The van der Waals surface area contributed by atoms with E-state index in [1.807, 2.05) is 30.3 Å². The number of amides is 2. The first-order valence-electron chi connectivity index (χ1n) is 8.57. The van der Waals surface area contributed by atoms with E-state index in [9.17, 15) is 22.8 Å². The van der Waals surface area contributed by atoms with Crippen LogP contribution in [0.3, 0.4) is 0 Å². The summed E-state index contributed by atoms with van der Waals surface area (Å²) in [6, 6.07) is 14.5. The summed E-state index contributed by atoms with van der Waals surface area (Å²) in [5, 5.41) is 5.08. The van der Waals surface area contributed by atoms with Crippen molar-refractivity contribution in [3.8, 4) is 0 Å². The highest BCUT2D eigenvalue weighted by molar-refractivity contribution is 7.89. The Bertz CT molecular complexity index is 959. The number of carbonyl (C=O) groups is 3. The topological polar surface area (TPSA) is 131 Å². The third kappa shape index (κ3) is 7.35. The average Bonchev–Trinajstić information content (AvgIpc) is 2.71. The summed E-state index contributed by atoms with van der Waals surface area (Å²) in [6.07, 6.45) is 0.166. The number of nitrogens with one attached hydrogen (secondary N) is 3. The van der Waals surface area contributed by atoms with Gasteiger partial charge in [-0.25, -0.2) is 8.42 Å². The molecule has 3 N–H and O–H groups in total. The van der Waals surface area contributed by atoms with E-state index in [-0.39, 0.29) is 23.8 Å². The molecule has 0 bridgehead atoms. The van der Waals surface area contributed by atoms with E-state index >= 15 is 0 Å². The van der Waals surface area contributed by atoms with E-state index in [4.69, 9.17) is 0 Å². The molecule has 0 unspecified atom stereocenters. The van der Waals surface area contributed by atoms with Gasteiger partial charge in [-0.3, -0.25) is 14.4 Å². The SMILES string of the molecule is COC(=O)CNS(=O)(=O)c1ccc(NC(=O)CNC(=O)Cc2ccccc2)cc1. The molecule has 0 radical (unpaired) electrons. The summed E-state index contributed by atoms with van der Waals surface area (Å²) >= 11 is 0. The first-order chi connectivity index (χ1) is 13.8. The highest BCUT2D eigenvalue weighted by atomic mass is 32.2. The Morgan fingerprint density at radius 1 is 0.897 bits per heavy atom. The molecule has 0 aromatic heterocycles. The van der Waals surface area contributed by atoms with Crippen molar-refractivity contribution in [3.05, 3.63) is 60.2 Å². The van der Waals surface area contributed by atoms with Crippen LogP contribution in [0.5, 0.6) is 0 Å². The number of benzene rings is 2. The van der Waals surface area contributed by atoms with E-state index in [0.29, 0.717) is 5.69 Å². The number of hydrogen-bond donors (Lipinski definition) is 3. The van der Waals surface area contributed by atoms with Crippen LogP contribution < -0.4 is 15.4 Å². The predicted octanol–water partition coefficient (Wildman–Crippen LogP) is 0.435. The fraction of sp³-hybridized carbons (Fsp3) is 0.211. The second-order valence-corrected chi connectivity index (χ2v) is 7.68. The average molecular weight is 419 g/mol. The van der Waals surface area contributed by atoms with Crippen LogP contribution >= 0.6 is 0 Å². The zero-order valence-corrected chi connectivity index (χ0v) is 16.5. The van der Waals surface area contributed by atoms with Crippen molar-refractivity contribution in [2.75, 3.05) is 25.5 Å². The van der Waals surface area contributed by atoms with Crippen LogP contribution in [0, 0.1) is 0 Å². The summed E-state index contributed by atoms with van der Waals surface area (Å²) in [7, 11) is -2.73. The van der Waals surface area contributed by atoms with Gasteiger partial charge in [0.05, 0.1) is 25.0 Å². The van der Waals surface area contributed by atoms with Crippen LogP contribution in [0.4, 0.5) is 5.69 Å². The summed E-state index contributed by atoms with van der Waals surface area (Å²) in [5.41, 5.74) is 1.20. The first kappa shape index (κ1) is 22.1. The van der Waals surface area contributed by atoms with Crippen LogP contribution in [0.1, 0.15) is 5.56 Å². The number of esters is 1. The van der Waals surface area contributed by atoms with Crippen molar-refractivity contribution in [1.29, 1.82) is 0 Å². The number of rotatable bonds is 9. The van der Waals surface area contributed by atoms with Gasteiger partial charge in [0.1, 0.15) is 6.54 Å². The molecule has 2 aromatic carbocycles. The monoisotopic (exact) mass is 419 g/mol. The highest BCUT2D eigenvalue weighted by Gasteiger charge is 2.16. The number of sulfonamides is 1. The van der Waals surface area contributed by atoms with E-state index < -0.39 is 28.4 Å². The molecule has 154 valence electrons. The number of hydrogen-bond acceptors (Lipinski definition) is 6. The summed E-state index contributed by atoms with van der Waals surface area (Å²) in [5.74, 6) is -1.46. The molecule has 2 aromatic rings. The van der Waals surface area contributed by atoms with Crippen molar-refractivity contribution in [2.45, 2.75) is 11.3 Å². The third-order valence-corrected chi connectivity index (χ3v) is 5.15. The lowest BCUT2D eigenvalue weighted by atomic mass is 10.1. The largest absolute Gasteiger partial charge is 0.468 e. The van der Waals surface area contributed by atoms with Crippen LogP contribution in [-0.2, 0) is 35.6 Å². The van der Waals surface area contributed by atoms with Crippen LogP contribution in [0.2, 0.25) is 0 Å². The van der Waals surface area contributed by atoms with E-state index in [1.165, 1.54) is 24.3 Å². The molecule has 2 amide bonds. The van der Waals surface area contributed by atoms with Crippen molar-refractivity contribution < 1.29 is 27.5 Å². The molecule has 0 spiro atoms. The Balaban J connectivity index is 1.83. The minimum atomic E-state index is -3.88. The molecule has 0 saturated heterocycles. The van der Waals surface area contributed by atoms with Gasteiger partial charge in [-0.15, -0.1) is 0 Å². The second-order valence-electron chi connectivity index (χ2n) is 5.91. The lowest BCUT2D eigenvalue weighted by Gasteiger charge is -2.09. The Hall–Kier alpha value is -3.24. The number of anilines is 1. The van der Waals surface area contributed by atoms with Crippen LogP contribution in [-0.4, -0.2) is 46.4 Å². The van der Waals surface area contributed by atoms with Gasteiger partial charge in [0, 0.05) is 5.69 Å². The molecular formula is C19H21N3O6S. The van der Waals surface area contributed by atoms with Gasteiger partial charge >= 0.3 is 5.97 Å². The molecule has 0 atom stereocenters. The van der Waals surface area contributed by atoms with Gasteiger partial charge in [0.15, 0.2) is 0 Å². The maximum absolute atomic E-state index is 12.1. The smallest absolute Gasteiger partial charge is 0.320 e. The van der Waals surface area contributed by atoms with E-state index in [0.717, 1.165) is 12.7 Å². The molecule has 0 aliphatic heterocycles. The Morgan fingerprint density at radius 2 is 1.55 bits per heavy atom. The molecule has 2 rings (SSSR count). The summed E-state index contributed by atoms with van der Waals surface area (Å²) in [6.45, 7) is -0.702. The molecule has 0 aliphatic rings. The van der Waals surface area contributed by atoms with Crippen molar-refractivity contribution in [2.24, 2.45) is 0 Å². The molecule has 0 fully saturated rings. The van der Waals surface area contributed by atoms with Gasteiger partial charge in [-0.1, -0.05) is 30.3 Å². The molecule has 0 saturated carbocycles. The van der Waals surface area contributed by atoms with Gasteiger partial charge in [-0.05, 0) is 29.8 Å². The summed E-state index contributed by atoms with van der Waals surface area (Å²) in [4.78, 5) is 34.8. The van der Waals surface area contributed by atoms with Crippen LogP contribution in [0.25, 0.3) is 0 Å². The minimum absolute atomic E-state index is 0.0736. The minimum Gasteiger partial charge on any atom is -0.468 e. The van der Waals surface area contributed by atoms with Crippen molar-refractivity contribution in [1.82, 2.24) is 10.0 Å². The molecule has 0 aliphatic carbocycles. The van der Waals surface area contributed by atoms with E-state index in [2.05, 4.69) is 20.1 Å². The van der Waals surface area contributed by atoms with Gasteiger partial charge in [-0.2, -0.15) is 4.72 Å². The summed E-state index contributed by atoms with van der Waals surface area (Å²) < 4.78 is 30.6. The Morgan fingerprint density at radius 3 is 2.17 bits per heavy atom. The zero-order valence-electron chi connectivity index (χ0n) is 15.7. The first-order valence-corrected chi connectivity index (χ1v) is 10.1. The van der Waals surface area contributed by atoms with Crippen LogP contribution in [0.15, 0.2) is 59.5 Å².